The summed E-state index contributed by atoms with van der Waals surface area (Å²) in [6.07, 6.45) is 0. The van der Waals surface area contributed by atoms with E-state index in [1.165, 1.54) is 4.70 Å². The Labute approximate surface area is 81.9 Å². The largest absolute Gasteiger partial charge is 0.143 e. The zero-order valence-electron chi connectivity index (χ0n) is 5.47. The number of hydrogen-bond acceptors (Lipinski definition) is 1. The second kappa shape index (κ2) is 2.77. The van der Waals surface area contributed by atoms with Crippen molar-refractivity contribution in [1.82, 2.24) is 0 Å². The predicted octanol–water partition coefficient (Wildman–Crippen LogP) is 4.32. The molecule has 0 nitrogen and oxygen atoms in total. The van der Waals surface area contributed by atoms with Crippen LogP contribution in [0.15, 0.2) is 28.1 Å². The molecule has 1 heterocycles. The average molecular weight is 248 g/mol. The zero-order chi connectivity index (χ0) is 7.84. The van der Waals surface area contributed by atoms with Crippen molar-refractivity contribution < 1.29 is 0 Å². The smallest absolute Gasteiger partial charge is 0.0504 e. The number of rotatable bonds is 0. The average Bonchev–Trinajstić information content (AvgIpc) is 2.34. The number of halogens is 2. The maximum absolute atomic E-state index is 5.98. The molecule has 0 spiro atoms. The van der Waals surface area contributed by atoms with Crippen LogP contribution in [0, 0.1) is 0 Å². The molecule has 0 N–H and O–H groups in total. The van der Waals surface area contributed by atoms with Crippen LogP contribution in [0.25, 0.3) is 10.1 Å². The molecule has 1 aromatic heterocycles. The summed E-state index contributed by atoms with van der Waals surface area (Å²) in [5.41, 5.74) is 0. The van der Waals surface area contributed by atoms with Crippen LogP contribution < -0.4 is 0 Å². The summed E-state index contributed by atoms with van der Waals surface area (Å²) >= 11 is 11.1. The van der Waals surface area contributed by atoms with Gasteiger partial charge in [-0.05, 0) is 28.1 Å². The summed E-state index contributed by atoms with van der Waals surface area (Å²) in [7, 11) is 0. The number of benzene rings is 1. The fourth-order valence-corrected chi connectivity index (χ4v) is 3.14. The molecule has 0 bridgehead atoms. The van der Waals surface area contributed by atoms with Gasteiger partial charge in [0.25, 0.3) is 0 Å². The first-order valence-corrected chi connectivity index (χ1v) is 5.15. The minimum absolute atomic E-state index is 0.815. The third-order valence-corrected chi connectivity index (χ3v) is 3.69. The van der Waals surface area contributed by atoms with Crippen LogP contribution in [0.2, 0.25) is 5.02 Å². The Balaban J connectivity index is 2.96. The van der Waals surface area contributed by atoms with Crippen molar-refractivity contribution in [3.63, 3.8) is 0 Å². The Morgan fingerprint density at radius 1 is 1.36 bits per heavy atom. The van der Waals surface area contributed by atoms with Gasteiger partial charge in [-0.3, -0.25) is 0 Å². The second-order valence-corrected chi connectivity index (χ2v) is 4.37. The van der Waals surface area contributed by atoms with E-state index in [1.807, 2.05) is 12.1 Å². The molecule has 0 aliphatic carbocycles. The van der Waals surface area contributed by atoms with Crippen LogP contribution in [-0.2, 0) is 0 Å². The lowest BCUT2D eigenvalue weighted by molar-refractivity contribution is 1.83. The van der Waals surface area contributed by atoms with Crippen molar-refractivity contribution in [2.45, 2.75) is 0 Å². The van der Waals surface area contributed by atoms with E-state index in [4.69, 9.17) is 11.6 Å². The van der Waals surface area contributed by atoms with Gasteiger partial charge in [0.15, 0.2) is 0 Å². The monoisotopic (exact) mass is 246 g/mol. The van der Waals surface area contributed by atoms with E-state index in [1.54, 1.807) is 11.3 Å². The van der Waals surface area contributed by atoms with Gasteiger partial charge in [-0.1, -0.05) is 17.7 Å². The van der Waals surface area contributed by atoms with Gasteiger partial charge in [-0.25, -0.2) is 0 Å². The maximum Gasteiger partial charge on any atom is 0.0504 e. The molecule has 0 aliphatic rings. The molecule has 2 aromatic rings. The Morgan fingerprint density at radius 3 is 2.91 bits per heavy atom. The first-order chi connectivity index (χ1) is 5.29. The van der Waals surface area contributed by atoms with Gasteiger partial charge in [0.05, 0.1) is 5.02 Å². The van der Waals surface area contributed by atoms with Crippen molar-refractivity contribution in [3.05, 3.63) is 33.1 Å². The summed E-state index contributed by atoms with van der Waals surface area (Å²) in [5.74, 6) is 0. The Hall–Kier alpha value is -0.0500. The molecule has 0 aliphatic heterocycles. The van der Waals surface area contributed by atoms with E-state index < -0.39 is 0 Å². The van der Waals surface area contributed by atoms with Crippen LogP contribution in [0.3, 0.4) is 0 Å². The minimum Gasteiger partial charge on any atom is -0.143 e. The predicted molar refractivity (Wildman–Crippen MR) is 54.5 cm³/mol. The van der Waals surface area contributed by atoms with Gasteiger partial charge in [0.1, 0.15) is 0 Å². The quantitative estimate of drug-likeness (QED) is 0.650. The van der Waals surface area contributed by atoms with Crippen molar-refractivity contribution in [2.75, 3.05) is 0 Å². The molecule has 0 atom stereocenters. The van der Waals surface area contributed by atoms with E-state index in [2.05, 4.69) is 27.4 Å². The van der Waals surface area contributed by atoms with E-state index in [0.717, 1.165) is 14.9 Å². The van der Waals surface area contributed by atoms with Gasteiger partial charge >= 0.3 is 0 Å². The lowest BCUT2D eigenvalue weighted by atomic mass is 10.3. The second-order valence-electron chi connectivity index (χ2n) is 2.20. The van der Waals surface area contributed by atoms with Crippen molar-refractivity contribution in [1.29, 1.82) is 0 Å². The molecule has 1 aromatic carbocycles. The first-order valence-electron chi connectivity index (χ1n) is 3.10. The third-order valence-electron chi connectivity index (χ3n) is 1.50. The highest BCUT2D eigenvalue weighted by molar-refractivity contribution is 9.10. The lowest BCUT2D eigenvalue weighted by Crippen LogP contribution is -1.65. The molecular formula is C8H4BrClS. The van der Waals surface area contributed by atoms with Crippen LogP contribution in [0.1, 0.15) is 0 Å². The summed E-state index contributed by atoms with van der Waals surface area (Å²) in [5, 5.41) is 3.99. The van der Waals surface area contributed by atoms with Gasteiger partial charge in [0.2, 0.25) is 0 Å². The number of fused-ring (bicyclic) bond motifs is 1. The Morgan fingerprint density at radius 2 is 2.18 bits per heavy atom. The summed E-state index contributed by atoms with van der Waals surface area (Å²) in [4.78, 5) is 0. The molecule has 0 saturated carbocycles. The van der Waals surface area contributed by atoms with Crippen molar-refractivity contribution in [2.24, 2.45) is 0 Å². The third kappa shape index (κ3) is 1.19. The van der Waals surface area contributed by atoms with Crippen molar-refractivity contribution in [3.8, 4) is 0 Å². The van der Waals surface area contributed by atoms with Crippen LogP contribution in [0.5, 0.6) is 0 Å². The molecule has 2 rings (SSSR count). The standard InChI is InChI=1S/C8H4BrClS/c9-5-4-11-7-3-1-2-6(10)8(5)7/h1-4H. The molecule has 0 fully saturated rings. The van der Waals surface area contributed by atoms with Crippen LogP contribution in [0.4, 0.5) is 0 Å². The SMILES string of the molecule is Clc1cccc2scc(Br)c12. The van der Waals surface area contributed by atoms with Gasteiger partial charge < -0.3 is 0 Å². The fraction of sp³-hybridized carbons (Fsp3) is 0. The molecule has 3 heteroatoms. The normalized spacial score (nSPS) is 10.7. The fourth-order valence-electron chi connectivity index (χ4n) is 1.01. The summed E-state index contributed by atoms with van der Waals surface area (Å²) < 4.78 is 2.31. The van der Waals surface area contributed by atoms with Gasteiger partial charge in [0, 0.05) is 19.9 Å². The highest BCUT2D eigenvalue weighted by atomic mass is 79.9. The van der Waals surface area contributed by atoms with Crippen molar-refractivity contribution >= 4 is 49.0 Å². The summed E-state index contributed by atoms with van der Waals surface area (Å²) in [6.45, 7) is 0. The number of thiophene rings is 1. The van der Waals surface area contributed by atoms with Crippen LogP contribution in [-0.4, -0.2) is 0 Å². The highest BCUT2D eigenvalue weighted by Gasteiger charge is 2.03. The topological polar surface area (TPSA) is 0 Å². The molecule has 0 saturated heterocycles. The number of hydrogen-bond donors (Lipinski definition) is 0. The van der Waals surface area contributed by atoms with E-state index in [9.17, 15) is 0 Å². The molecule has 56 valence electrons. The molecule has 0 unspecified atom stereocenters. The Kier molecular flexibility index (Phi) is 1.91. The zero-order valence-corrected chi connectivity index (χ0v) is 8.63. The minimum atomic E-state index is 0.815. The molecular weight excluding hydrogens is 244 g/mol. The highest BCUT2D eigenvalue weighted by Crippen LogP contribution is 2.34. The molecule has 11 heavy (non-hydrogen) atoms. The van der Waals surface area contributed by atoms with E-state index >= 15 is 0 Å². The molecule has 0 radical (unpaired) electrons. The van der Waals surface area contributed by atoms with Crippen LogP contribution >= 0.6 is 38.9 Å². The van der Waals surface area contributed by atoms with Gasteiger partial charge in [-0.2, -0.15) is 0 Å². The van der Waals surface area contributed by atoms with E-state index in [0.29, 0.717) is 0 Å². The first kappa shape index (κ1) is 7.59. The maximum atomic E-state index is 5.98. The Bertz CT molecular complexity index is 394. The lowest BCUT2D eigenvalue weighted by Gasteiger charge is -1.92. The van der Waals surface area contributed by atoms with E-state index in [-0.39, 0.29) is 0 Å². The summed E-state index contributed by atoms with van der Waals surface area (Å²) in [6, 6.07) is 5.94. The van der Waals surface area contributed by atoms with Gasteiger partial charge in [-0.15, -0.1) is 11.3 Å². The molecule has 0 amide bonds.